The molecule has 0 aromatic carbocycles. The molecule has 0 saturated carbocycles. The number of hydrazine groups is 1. The van der Waals surface area contributed by atoms with Crippen LogP contribution in [0.25, 0.3) is 0 Å². The van der Waals surface area contributed by atoms with E-state index in [-0.39, 0.29) is 0 Å². The lowest BCUT2D eigenvalue weighted by atomic mass is 9.99. The van der Waals surface area contributed by atoms with Crippen molar-refractivity contribution in [1.29, 1.82) is 0 Å². The molecular weight excluding hydrogens is 369 g/mol. The first-order valence-corrected chi connectivity index (χ1v) is 5.69. The molecule has 4 N–H and O–H groups in total. The highest BCUT2D eigenvalue weighted by molar-refractivity contribution is 5.82. The normalized spacial score (nSPS) is 13.6. The van der Waals surface area contributed by atoms with Gasteiger partial charge in [0.05, 0.1) is 0 Å². The van der Waals surface area contributed by atoms with Crippen LogP contribution in [0.15, 0.2) is 0 Å². The predicted octanol–water partition coefficient (Wildman–Crippen LogP) is 1.27. The summed E-state index contributed by atoms with van der Waals surface area (Å²) in [4.78, 5) is 25.5. The van der Waals surface area contributed by atoms with E-state index in [9.17, 15) is 49.1 Å². The van der Waals surface area contributed by atoms with Crippen molar-refractivity contribution in [3.63, 3.8) is 0 Å². The molecular formula is C9H10F9N3O3. The lowest BCUT2D eigenvalue weighted by Gasteiger charge is -2.33. The maximum absolute atomic E-state index is 13.1. The standard InChI is InChI=1S/C9H10F9N3O3/c10-6(11,7(12,13)8(14,15)9(16,17)18)2-1-4(22)20-21-5(23)3-24-19/h1-3,19H2,(H,20,22)(H,21,23). The van der Waals surface area contributed by atoms with Crippen LogP contribution in [0.5, 0.6) is 0 Å². The molecule has 0 saturated heterocycles. The van der Waals surface area contributed by atoms with Gasteiger partial charge >= 0.3 is 23.9 Å². The minimum absolute atomic E-state index is 0.785. The van der Waals surface area contributed by atoms with Gasteiger partial charge in [-0.1, -0.05) is 0 Å². The molecule has 0 aliphatic heterocycles. The van der Waals surface area contributed by atoms with Crippen LogP contribution in [0.4, 0.5) is 39.5 Å². The Bertz CT molecular complexity index is 467. The fourth-order valence-corrected chi connectivity index (χ4v) is 1.15. The summed E-state index contributed by atoms with van der Waals surface area (Å²) in [5, 5.41) is 0. The number of hydrogen-bond donors (Lipinski definition) is 3. The van der Waals surface area contributed by atoms with E-state index in [0.29, 0.717) is 0 Å². The van der Waals surface area contributed by atoms with E-state index in [0.717, 1.165) is 0 Å². The molecule has 0 rings (SSSR count). The molecule has 0 radical (unpaired) electrons. The number of rotatable bonds is 7. The molecule has 15 heteroatoms. The SMILES string of the molecule is NOCC(=O)NNC(=O)CCC(F)(F)C(F)(F)C(F)(F)C(F)(F)F. The van der Waals surface area contributed by atoms with E-state index in [4.69, 9.17) is 0 Å². The number of hydrogen-bond acceptors (Lipinski definition) is 4. The zero-order valence-corrected chi connectivity index (χ0v) is 11.3. The van der Waals surface area contributed by atoms with E-state index in [2.05, 4.69) is 10.7 Å². The van der Waals surface area contributed by atoms with Crippen molar-refractivity contribution in [2.45, 2.75) is 36.8 Å². The second-order valence-corrected chi connectivity index (χ2v) is 4.26. The summed E-state index contributed by atoms with van der Waals surface area (Å²) in [7, 11) is 0. The van der Waals surface area contributed by atoms with Gasteiger partial charge in [-0.15, -0.1) is 0 Å². The number of halogens is 9. The maximum atomic E-state index is 13.1. The highest BCUT2D eigenvalue weighted by atomic mass is 19.4. The molecule has 0 aromatic rings. The molecule has 0 aromatic heterocycles. The Kier molecular flexibility index (Phi) is 6.87. The molecule has 6 nitrogen and oxygen atoms in total. The summed E-state index contributed by atoms with van der Waals surface area (Å²) in [6, 6.07) is 0. The monoisotopic (exact) mass is 379 g/mol. The van der Waals surface area contributed by atoms with Gasteiger partial charge in [0.15, 0.2) is 0 Å². The lowest BCUT2D eigenvalue weighted by molar-refractivity contribution is -0.396. The van der Waals surface area contributed by atoms with Crippen LogP contribution in [0.2, 0.25) is 0 Å². The van der Waals surface area contributed by atoms with E-state index >= 15 is 0 Å². The molecule has 2 amide bonds. The van der Waals surface area contributed by atoms with Crippen LogP contribution in [0.3, 0.4) is 0 Å². The number of nitrogens with one attached hydrogen (secondary N) is 2. The smallest absolute Gasteiger partial charge is 0.295 e. The molecule has 142 valence electrons. The van der Waals surface area contributed by atoms with Gasteiger partial charge < -0.3 is 0 Å². The fourth-order valence-electron chi connectivity index (χ4n) is 1.15. The van der Waals surface area contributed by atoms with Crippen molar-refractivity contribution >= 4 is 11.8 Å². The topological polar surface area (TPSA) is 93.4 Å². The van der Waals surface area contributed by atoms with E-state index in [1.54, 1.807) is 0 Å². The quantitative estimate of drug-likeness (QED) is 0.459. The molecule has 0 bridgehead atoms. The van der Waals surface area contributed by atoms with Crippen molar-refractivity contribution in [2.75, 3.05) is 6.61 Å². The second kappa shape index (κ2) is 7.42. The van der Waals surface area contributed by atoms with Gasteiger partial charge in [-0.2, -0.15) is 39.5 Å². The van der Waals surface area contributed by atoms with Gasteiger partial charge in [0.2, 0.25) is 5.91 Å². The van der Waals surface area contributed by atoms with Crippen LogP contribution >= 0.6 is 0 Å². The van der Waals surface area contributed by atoms with Gasteiger partial charge in [-0.25, -0.2) is 5.90 Å². The number of carbonyl (C=O) groups is 2. The average Bonchev–Trinajstić information content (AvgIpc) is 2.41. The van der Waals surface area contributed by atoms with Gasteiger partial charge in [-0.3, -0.25) is 25.3 Å². The van der Waals surface area contributed by atoms with Crippen molar-refractivity contribution in [3.05, 3.63) is 0 Å². The van der Waals surface area contributed by atoms with Crippen LogP contribution in [-0.4, -0.2) is 42.4 Å². The minimum Gasteiger partial charge on any atom is -0.295 e. The fraction of sp³-hybridized carbons (Fsp3) is 0.778. The van der Waals surface area contributed by atoms with Gasteiger partial charge in [-0.05, 0) is 0 Å². The molecule has 0 spiro atoms. The van der Waals surface area contributed by atoms with Crippen molar-refractivity contribution in [3.8, 4) is 0 Å². The molecule has 0 fully saturated rings. The Morgan fingerprint density at radius 1 is 0.833 bits per heavy atom. The summed E-state index contributed by atoms with van der Waals surface area (Å²) in [6.45, 7) is -0.785. The van der Waals surface area contributed by atoms with E-state index in [1.807, 2.05) is 0 Å². The van der Waals surface area contributed by atoms with Crippen LogP contribution in [0, 0.1) is 0 Å². The largest absolute Gasteiger partial charge is 0.460 e. The van der Waals surface area contributed by atoms with Crippen molar-refractivity contribution in [2.24, 2.45) is 5.90 Å². The Hall–Kier alpha value is -1.77. The molecule has 0 heterocycles. The zero-order valence-electron chi connectivity index (χ0n) is 11.3. The Morgan fingerprint density at radius 3 is 1.71 bits per heavy atom. The zero-order chi connectivity index (χ0) is 19.4. The summed E-state index contributed by atoms with van der Waals surface area (Å²) in [5.74, 6) is -17.9. The van der Waals surface area contributed by atoms with E-state index in [1.165, 1.54) is 10.9 Å². The molecule has 0 aliphatic carbocycles. The van der Waals surface area contributed by atoms with Gasteiger partial charge in [0.25, 0.3) is 5.91 Å². The molecule has 24 heavy (non-hydrogen) atoms. The lowest BCUT2D eigenvalue weighted by Crippen LogP contribution is -2.61. The summed E-state index contributed by atoms with van der Waals surface area (Å²) < 4.78 is 112. The number of carbonyl (C=O) groups excluding carboxylic acids is 2. The minimum atomic E-state index is -7.02. The summed E-state index contributed by atoms with van der Waals surface area (Å²) in [6.07, 6.45) is -10.9. The highest BCUT2D eigenvalue weighted by Crippen LogP contribution is 2.54. The summed E-state index contributed by atoms with van der Waals surface area (Å²) >= 11 is 0. The van der Waals surface area contributed by atoms with Crippen LogP contribution < -0.4 is 16.7 Å². The van der Waals surface area contributed by atoms with Crippen molar-refractivity contribution < 1.29 is 53.9 Å². The molecule has 0 atom stereocenters. The highest BCUT2D eigenvalue weighted by Gasteiger charge is 2.81. The van der Waals surface area contributed by atoms with Crippen LogP contribution in [0.1, 0.15) is 12.8 Å². The van der Waals surface area contributed by atoms with Gasteiger partial charge in [0.1, 0.15) is 6.61 Å². The van der Waals surface area contributed by atoms with Gasteiger partial charge in [0, 0.05) is 12.8 Å². The number of amides is 2. The Labute approximate surface area is 127 Å². The third-order valence-corrected chi connectivity index (χ3v) is 2.43. The first kappa shape index (κ1) is 22.2. The third kappa shape index (κ3) is 4.86. The Balaban J connectivity index is 4.85. The van der Waals surface area contributed by atoms with Crippen molar-refractivity contribution in [1.82, 2.24) is 10.9 Å². The summed E-state index contributed by atoms with van der Waals surface area (Å²) in [5.41, 5.74) is 2.91. The second-order valence-electron chi connectivity index (χ2n) is 4.26. The maximum Gasteiger partial charge on any atom is 0.460 e. The predicted molar refractivity (Wildman–Crippen MR) is 56.6 cm³/mol. The first-order valence-electron chi connectivity index (χ1n) is 5.69. The Morgan fingerprint density at radius 2 is 1.29 bits per heavy atom. The molecule has 0 unspecified atom stereocenters. The average molecular weight is 379 g/mol. The van der Waals surface area contributed by atoms with Crippen LogP contribution in [-0.2, 0) is 14.4 Å². The van der Waals surface area contributed by atoms with E-state index < -0.39 is 55.2 Å². The third-order valence-electron chi connectivity index (χ3n) is 2.43. The molecule has 0 aliphatic rings. The number of alkyl halides is 9. The first-order chi connectivity index (χ1) is 10.6. The number of nitrogens with two attached hydrogens (primary N) is 1.